The van der Waals surface area contributed by atoms with Crippen LogP contribution in [0.25, 0.3) is 22.0 Å². The fourth-order valence-electron chi connectivity index (χ4n) is 6.22. The number of benzene rings is 2. The van der Waals surface area contributed by atoms with Crippen LogP contribution in [0.5, 0.6) is 0 Å². The number of fused-ring (bicyclic) bond motifs is 1. The van der Waals surface area contributed by atoms with E-state index in [9.17, 15) is 45.8 Å². The lowest BCUT2D eigenvalue weighted by atomic mass is 9.93. The van der Waals surface area contributed by atoms with Gasteiger partial charge in [0.1, 0.15) is 12.1 Å². The molecule has 15 heteroatoms. The minimum absolute atomic E-state index is 0.0205. The van der Waals surface area contributed by atoms with Gasteiger partial charge in [0, 0.05) is 54.1 Å². The van der Waals surface area contributed by atoms with Gasteiger partial charge < -0.3 is 24.6 Å². The zero-order chi connectivity index (χ0) is 36.0. The van der Waals surface area contributed by atoms with E-state index >= 15 is 0 Å². The molecule has 2 aromatic carbocycles. The molecule has 0 unspecified atom stereocenters. The second-order valence-corrected chi connectivity index (χ2v) is 12.0. The molecule has 9 nitrogen and oxygen atoms in total. The molecule has 0 bridgehead atoms. The third kappa shape index (κ3) is 6.98. The van der Waals surface area contributed by atoms with E-state index < -0.39 is 59.6 Å². The number of alkyl halides is 6. The van der Waals surface area contributed by atoms with Gasteiger partial charge in [0.25, 0.3) is 11.5 Å². The van der Waals surface area contributed by atoms with Crippen LogP contribution < -0.4 is 15.8 Å². The zero-order valence-corrected chi connectivity index (χ0v) is 26.8. The number of aryl methyl sites for hydroxylation is 3. The molecule has 3 heterocycles. The van der Waals surface area contributed by atoms with E-state index in [1.807, 2.05) is 0 Å². The van der Waals surface area contributed by atoms with Crippen LogP contribution in [0.15, 0.2) is 53.5 Å². The molecule has 49 heavy (non-hydrogen) atoms. The minimum atomic E-state index is -4.86. The molecule has 260 valence electrons. The summed E-state index contributed by atoms with van der Waals surface area (Å²) in [7, 11) is 1.35. The maximum absolute atomic E-state index is 14.1. The summed E-state index contributed by atoms with van der Waals surface area (Å²) in [6, 6.07) is 6.06. The van der Waals surface area contributed by atoms with Crippen molar-refractivity contribution in [3.05, 3.63) is 92.5 Å². The average Bonchev–Trinajstić information content (AvgIpc) is 3.02. The van der Waals surface area contributed by atoms with Crippen molar-refractivity contribution in [2.45, 2.75) is 51.6 Å². The topological polar surface area (TPSA) is 114 Å². The van der Waals surface area contributed by atoms with Gasteiger partial charge in [0.2, 0.25) is 0 Å². The molecular weight excluding hydrogens is 658 g/mol. The largest absolute Gasteiger partial charge is 0.480 e. The molecule has 1 saturated heterocycles. The second kappa shape index (κ2) is 13.2. The number of halogens is 6. The number of carboxylic acid groups (broad SMARTS) is 1. The number of hydrogen-bond donors (Lipinski definition) is 2. The van der Waals surface area contributed by atoms with Gasteiger partial charge in [0.05, 0.1) is 29.9 Å². The van der Waals surface area contributed by atoms with Gasteiger partial charge >= 0.3 is 18.3 Å². The number of carboxylic acids is 1. The first kappa shape index (κ1) is 35.4. The number of nitrogens with zero attached hydrogens (tertiary/aromatic N) is 3. The number of aromatic nitrogens is 2. The zero-order valence-electron chi connectivity index (χ0n) is 26.8. The van der Waals surface area contributed by atoms with Crippen LogP contribution in [-0.4, -0.2) is 64.6 Å². The van der Waals surface area contributed by atoms with Crippen LogP contribution in [0.4, 0.5) is 32.0 Å². The maximum Gasteiger partial charge on any atom is 0.417 e. The first-order valence-corrected chi connectivity index (χ1v) is 15.1. The summed E-state index contributed by atoms with van der Waals surface area (Å²) in [5.74, 6) is -2.19. The summed E-state index contributed by atoms with van der Waals surface area (Å²) < 4.78 is 89.6. The number of ether oxygens (including phenoxy) is 1. The van der Waals surface area contributed by atoms with Gasteiger partial charge in [-0.25, -0.2) is 4.79 Å². The predicted octanol–water partition coefficient (Wildman–Crippen LogP) is 5.74. The van der Waals surface area contributed by atoms with Crippen molar-refractivity contribution < 1.29 is 45.8 Å². The Labute approximate surface area is 276 Å². The van der Waals surface area contributed by atoms with E-state index in [-0.39, 0.29) is 53.0 Å². The monoisotopic (exact) mass is 690 g/mol. The molecule has 5 rings (SSSR count). The van der Waals surface area contributed by atoms with Crippen molar-refractivity contribution in [2.75, 3.05) is 24.7 Å². The number of aliphatic carboxylic acids is 1. The summed E-state index contributed by atoms with van der Waals surface area (Å²) in [5, 5.41) is 12.8. The van der Waals surface area contributed by atoms with Crippen LogP contribution in [0, 0.1) is 20.8 Å². The Bertz CT molecular complexity index is 1980. The van der Waals surface area contributed by atoms with Gasteiger partial charge in [-0.3, -0.25) is 14.6 Å². The fraction of sp³-hybridized carbons (Fsp3) is 0.353. The van der Waals surface area contributed by atoms with Crippen molar-refractivity contribution in [1.29, 1.82) is 0 Å². The molecule has 1 aliphatic heterocycles. The van der Waals surface area contributed by atoms with E-state index in [2.05, 4.69) is 10.3 Å². The van der Waals surface area contributed by atoms with Crippen LogP contribution in [0.2, 0.25) is 0 Å². The Morgan fingerprint density at radius 3 is 2.35 bits per heavy atom. The molecule has 4 aromatic rings. The maximum atomic E-state index is 14.1. The second-order valence-electron chi connectivity index (χ2n) is 12.0. The number of amides is 1. The van der Waals surface area contributed by atoms with E-state index in [0.717, 1.165) is 15.5 Å². The highest BCUT2D eigenvalue weighted by atomic mass is 19.4. The number of nitrogens with one attached hydrogen (secondary N) is 1. The van der Waals surface area contributed by atoms with Crippen molar-refractivity contribution in [1.82, 2.24) is 14.9 Å². The molecule has 0 aliphatic carbocycles. The number of hydrogen-bond acceptors (Lipinski definition) is 6. The van der Waals surface area contributed by atoms with Crippen LogP contribution in [0.3, 0.4) is 0 Å². The molecule has 0 radical (unpaired) electrons. The van der Waals surface area contributed by atoms with Crippen molar-refractivity contribution >= 4 is 28.5 Å². The van der Waals surface area contributed by atoms with Gasteiger partial charge in [-0.1, -0.05) is 18.2 Å². The smallest absolute Gasteiger partial charge is 0.417 e. The summed E-state index contributed by atoms with van der Waals surface area (Å²) in [6.45, 7) is 3.97. The quantitative estimate of drug-likeness (QED) is 0.238. The highest BCUT2D eigenvalue weighted by Crippen LogP contribution is 2.39. The Morgan fingerprint density at radius 2 is 1.73 bits per heavy atom. The molecule has 1 fully saturated rings. The van der Waals surface area contributed by atoms with Gasteiger partial charge in [-0.15, -0.1) is 0 Å². The molecule has 1 aliphatic rings. The summed E-state index contributed by atoms with van der Waals surface area (Å²) in [6.07, 6.45) is -8.39. The van der Waals surface area contributed by atoms with Crippen LogP contribution in [-0.2, 0) is 29.2 Å². The number of carbonyl (C=O) groups excluding carboxylic acids is 1. The average molecular weight is 691 g/mol. The lowest BCUT2D eigenvalue weighted by Gasteiger charge is -2.38. The van der Waals surface area contributed by atoms with Crippen molar-refractivity contribution in [3.8, 4) is 11.1 Å². The molecule has 1 amide bonds. The molecule has 0 spiro atoms. The number of rotatable bonds is 7. The third-order valence-corrected chi connectivity index (χ3v) is 8.71. The lowest BCUT2D eigenvalue weighted by molar-refractivity contribution is -0.167. The third-order valence-electron chi connectivity index (χ3n) is 8.71. The van der Waals surface area contributed by atoms with Gasteiger partial charge in [-0.2, -0.15) is 26.3 Å². The summed E-state index contributed by atoms with van der Waals surface area (Å²) in [4.78, 5) is 44.5. The lowest BCUT2D eigenvalue weighted by Crippen LogP contribution is -2.53. The number of pyridine rings is 2. The molecule has 2 aromatic heterocycles. The minimum Gasteiger partial charge on any atom is -0.480 e. The normalized spacial score (nSPS) is 16.1. The van der Waals surface area contributed by atoms with Crippen LogP contribution >= 0.6 is 0 Å². The van der Waals surface area contributed by atoms with E-state index in [4.69, 9.17) is 4.74 Å². The molecule has 0 saturated carbocycles. The van der Waals surface area contributed by atoms with Crippen molar-refractivity contribution in [3.63, 3.8) is 0 Å². The SMILES string of the molecule is Cc1cc(N2CCOC[C@@H]2C(F)(F)F)cc(C)c1C(=O)N[C@@H](Cc1ccc(-c2c(C(F)(F)F)cc(C)n(C)c2=O)c2ncccc12)C(=O)O. The number of carbonyl (C=O) groups is 2. The Morgan fingerprint density at radius 1 is 1.06 bits per heavy atom. The number of morpholine rings is 1. The Balaban J connectivity index is 1.48. The van der Waals surface area contributed by atoms with Crippen LogP contribution in [0.1, 0.15) is 38.3 Å². The van der Waals surface area contributed by atoms with E-state index in [1.165, 1.54) is 70.4 Å². The van der Waals surface area contributed by atoms with Crippen molar-refractivity contribution in [2.24, 2.45) is 7.05 Å². The highest BCUT2D eigenvalue weighted by molar-refractivity contribution is 6.00. The highest BCUT2D eigenvalue weighted by Gasteiger charge is 2.45. The first-order valence-electron chi connectivity index (χ1n) is 15.1. The number of anilines is 1. The molecule has 2 atom stereocenters. The molecular formula is C34H32F6N4O5. The Hall–Kier alpha value is -4.92. The van der Waals surface area contributed by atoms with Gasteiger partial charge in [0.15, 0.2) is 0 Å². The standard InChI is InChI=1S/C34H32F6N4O5/c1-17-12-21(44-10-11-49-16-26(44)34(38,39)40)13-18(2)27(17)30(45)42-25(32(47)48)15-20-7-8-23(29-22(20)6-5-9-41-29)28-24(33(35,36)37)14-19(3)43(4)31(28)46/h5-9,12-14,25-26H,10-11,15-16H2,1-4H3,(H,42,45)(H,47,48)/t25-,26+/m0/s1. The summed E-state index contributed by atoms with van der Waals surface area (Å²) >= 11 is 0. The first-order chi connectivity index (χ1) is 22.9. The van der Waals surface area contributed by atoms with E-state index in [1.54, 1.807) is 0 Å². The predicted molar refractivity (Wildman–Crippen MR) is 169 cm³/mol. The summed E-state index contributed by atoms with van der Waals surface area (Å²) in [5.41, 5.74) is -1.30. The van der Waals surface area contributed by atoms with E-state index in [0.29, 0.717) is 16.7 Å². The fourth-order valence-corrected chi connectivity index (χ4v) is 6.22. The molecule has 2 N–H and O–H groups in total. The Kier molecular flexibility index (Phi) is 9.52. The van der Waals surface area contributed by atoms with Gasteiger partial charge in [-0.05, 0) is 61.7 Å².